The van der Waals surface area contributed by atoms with Crippen molar-refractivity contribution in [3.63, 3.8) is 0 Å². The zero-order valence-electron chi connectivity index (χ0n) is 14.3. The number of rotatable bonds is 3. The lowest BCUT2D eigenvalue weighted by molar-refractivity contribution is -0.142. The molecule has 0 aromatic heterocycles. The maximum absolute atomic E-state index is 12.5. The van der Waals surface area contributed by atoms with E-state index in [0.717, 1.165) is 12.8 Å². The molecule has 1 atom stereocenters. The second kappa shape index (κ2) is 7.03. The molecule has 2 amide bonds. The van der Waals surface area contributed by atoms with Gasteiger partial charge in [-0.1, -0.05) is 26.8 Å². The summed E-state index contributed by atoms with van der Waals surface area (Å²) in [5, 5.41) is 11.8. The highest BCUT2D eigenvalue weighted by Gasteiger charge is 2.33. The number of nitrogens with one attached hydrogen (secondary N) is 1. The average molecular weight is 332 g/mol. The van der Waals surface area contributed by atoms with Gasteiger partial charge in [-0.2, -0.15) is 0 Å². The van der Waals surface area contributed by atoms with E-state index in [1.807, 2.05) is 20.8 Å². The third kappa shape index (κ3) is 4.34. The van der Waals surface area contributed by atoms with Crippen LogP contribution in [0.5, 0.6) is 0 Å². The van der Waals surface area contributed by atoms with Gasteiger partial charge >= 0.3 is 5.97 Å². The van der Waals surface area contributed by atoms with Gasteiger partial charge in [-0.05, 0) is 31.0 Å². The number of anilines is 1. The van der Waals surface area contributed by atoms with Gasteiger partial charge in [0.25, 0.3) is 0 Å². The van der Waals surface area contributed by atoms with E-state index < -0.39 is 11.4 Å². The van der Waals surface area contributed by atoms with Crippen LogP contribution in [0.4, 0.5) is 5.69 Å². The number of amides is 2. The number of aromatic carboxylic acids is 1. The molecule has 1 saturated heterocycles. The van der Waals surface area contributed by atoms with E-state index in [9.17, 15) is 14.4 Å². The number of benzene rings is 1. The zero-order chi connectivity index (χ0) is 17.9. The topological polar surface area (TPSA) is 86.7 Å². The van der Waals surface area contributed by atoms with Crippen LogP contribution in [0.2, 0.25) is 0 Å². The molecule has 0 saturated carbocycles. The Hall–Kier alpha value is -2.37. The first-order valence-electron chi connectivity index (χ1n) is 8.12. The van der Waals surface area contributed by atoms with Gasteiger partial charge in [0.2, 0.25) is 11.8 Å². The SMILES string of the molecule is CC(C)(C)C(=O)N1CCCC(C(=O)Nc2cccc(C(=O)O)c2)C1. The van der Waals surface area contributed by atoms with E-state index in [4.69, 9.17) is 5.11 Å². The molecule has 130 valence electrons. The summed E-state index contributed by atoms with van der Waals surface area (Å²) < 4.78 is 0. The van der Waals surface area contributed by atoms with Crippen LogP contribution in [0, 0.1) is 11.3 Å². The van der Waals surface area contributed by atoms with Crippen LogP contribution in [0.3, 0.4) is 0 Å². The Balaban J connectivity index is 2.03. The molecule has 1 unspecified atom stereocenters. The molecule has 6 heteroatoms. The minimum atomic E-state index is -1.04. The van der Waals surface area contributed by atoms with Crippen LogP contribution in [0.1, 0.15) is 44.0 Å². The fourth-order valence-corrected chi connectivity index (χ4v) is 2.82. The highest BCUT2D eigenvalue weighted by Crippen LogP contribution is 2.24. The molecule has 1 aliphatic heterocycles. The van der Waals surface area contributed by atoms with E-state index in [1.54, 1.807) is 17.0 Å². The Bertz CT molecular complexity index is 649. The van der Waals surface area contributed by atoms with Gasteiger partial charge in [-0.15, -0.1) is 0 Å². The molecule has 0 aliphatic carbocycles. The van der Waals surface area contributed by atoms with Gasteiger partial charge in [-0.25, -0.2) is 4.79 Å². The van der Waals surface area contributed by atoms with Crippen molar-refractivity contribution in [1.82, 2.24) is 4.90 Å². The maximum Gasteiger partial charge on any atom is 0.335 e. The van der Waals surface area contributed by atoms with E-state index >= 15 is 0 Å². The number of carbonyl (C=O) groups excluding carboxylic acids is 2. The van der Waals surface area contributed by atoms with Crippen molar-refractivity contribution < 1.29 is 19.5 Å². The predicted molar refractivity (Wildman–Crippen MR) is 90.8 cm³/mol. The summed E-state index contributed by atoms with van der Waals surface area (Å²) in [6, 6.07) is 6.16. The van der Waals surface area contributed by atoms with Gasteiger partial charge in [0, 0.05) is 24.2 Å². The summed E-state index contributed by atoms with van der Waals surface area (Å²) in [6.07, 6.45) is 1.51. The Kier molecular flexibility index (Phi) is 5.26. The number of carboxylic acid groups (broad SMARTS) is 1. The van der Waals surface area contributed by atoms with E-state index in [2.05, 4.69) is 5.32 Å². The second-order valence-corrected chi connectivity index (χ2v) is 7.22. The van der Waals surface area contributed by atoms with Gasteiger partial charge < -0.3 is 15.3 Å². The van der Waals surface area contributed by atoms with E-state index in [-0.39, 0.29) is 23.3 Å². The molecule has 0 spiro atoms. The van der Waals surface area contributed by atoms with E-state index in [0.29, 0.717) is 18.8 Å². The van der Waals surface area contributed by atoms with Crippen molar-refractivity contribution in [3.8, 4) is 0 Å². The largest absolute Gasteiger partial charge is 0.478 e. The second-order valence-electron chi connectivity index (χ2n) is 7.22. The molecule has 0 bridgehead atoms. The highest BCUT2D eigenvalue weighted by molar-refractivity contribution is 5.95. The summed E-state index contributed by atoms with van der Waals surface area (Å²) in [5.74, 6) is -1.44. The maximum atomic E-state index is 12.5. The lowest BCUT2D eigenvalue weighted by Gasteiger charge is -2.35. The Labute approximate surface area is 141 Å². The molecule has 2 N–H and O–H groups in total. The smallest absolute Gasteiger partial charge is 0.335 e. The van der Waals surface area contributed by atoms with Crippen molar-refractivity contribution in [2.45, 2.75) is 33.6 Å². The molecule has 1 aromatic carbocycles. The van der Waals surface area contributed by atoms with Crippen LogP contribution in [0.25, 0.3) is 0 Å². The van der Waals surface area contributed by atoms with Gasteiger partial charge in [0.15, 0.2) is 0 Å². The predicted octanol–water partition coefficient (Wildman–Crippen LogP) is 2.61. The molecular formula is C18H24N2O4. The summed E-state index contributed by atoms with van der Waals surface area (Å²) in [4.78, 5) is 37.6. The zero-order valence-corrected chi connectivity index (χ0v) is 14.3. The van der Waals surface area contributed by atoms with Crippen LogP contribution < -0.4 is 5.32 Å². The standard InChI is InChI=1S/C18H24N2O4/c1-18(2,3)17(24)20-9-5-7-13(11-20)15(21)19-14-8-4-6-12(10-14)16(22)23/h4,6,8,10,13H,5,7,9,11H2,1-3H3,(H,19,21)(H,22,23). The summed E-state index contributed by atoms with van der Waals surface area (Å²) in [6.45, 7) is 6.69. The average Bonchev–Trinajstić information content (AvgIpc) is 2.53. The minimum Gasteiger partial charge on any atom is -0.478 e. The van der Waals surface area contributed by atoms with Crippen LogP contribution in [-0.4, -0.2) is 40.9 Å². The number of hydrogen-bond donors (Lipinski definition) is 2. The fourth-order valence-electron chi connectivity index (χ4n) is 2.82. The fraction of sp³-hybridized carbons (Fsp3) is 0.500. The first-order valence-corrected chi connectivity index (χ1v) is 8.12. The Morgan fingerprint density at radius 3 is 2.58 bits per heavy atom. The number of carbonyl (C=O) groups is 3. The van der Waals surface area contributed by atoms with Crippen molar-refractivity contribution in [3.05, 3.63) is 29.8 Å². The molecular weight excluding hydrogens is 308 g/mol. The molecule has 2 rings (SSSR count). The molecule has 1 aromatic rings. The highest BCUT2D eigenvalue weighted by atomic mass is 16.4. The molecule has 1 aliphatic rings. The third-order valence-electron chi connectivity index (χ3n) is 4.10. The van der Waals surface area contributed by atoms with Gasteiger partial charge in [-0.3, -0.25) is 9.59 Å². The quantitative estimate of drug-likeness (QED) is 0.891. The minimum absolute atomic E-state index is 0.0490. The third-order valence-corrected chi connectivity index (χ3v) is 4.10. The van der Waals surface area contributed by atoms with Crippen molar-refractivity contribution in [1.29, 1.82) is 0 Å². The molecule has 0 radical (unpaired) electrons. The summed E-state index contributed by atoms with van der Waals surface area (Å²) in [5.41, 5.74) is 0.119. The normalized spacial score (nSPS) is 18.1. The number of likely N-dealkylation sites (tertiary alicyclic amines) is 1. The van der Waals surface area contributed by atoms with Gasteiger partial charge in [0.05, 0.1) is 11.5 Å². The Morgan fingerprint density at radius 1 is 1.25 bits per heavy atom. The molecule has 24 heavy (non-hydrogen) atoms. The summed E-state index contributed by atoms with van der Waals surface area (Å²) in [7, 11) is 0. The van der Waals surface area contributed by atoms with Crippen LogP contribution in [0.15, 0.2) is 24.3 Å². The van der Waals surface area contributed by atoms with Crippen molar-refractivity contribution in [2.75, 3.05) is 18.4 Å². The molecule has 6 nitrogen and oxygen atoms in total. The lowest BCUT2D eigenvalue weighted by atomic mass is 9.91. The number of nitrogens with zero attached hydrogens (tertiary/aromatic N) is 1. The first-order chi connectivity index (χ1) is 11.2. The summed E-state index contributed by atoms with van der Waals surface area (Å²) >= 11 is 0. The number of hydrogen-bond acceptors (Lipinski definition) is 3. The number of carboxylic acids is 1. The monoisotopic (exact) mass is 332 g/mol. The number of piperidine rings is 1. The Morgan fingerprint density at radius 2 is 1.96 bits per heavy atom. The van der Waals surface area contributed by atoms with Crippen LogP contribution in [-0.2, 0) is 9.59 Å². The van der Waals surface area contributed by atoms with E-state index in [1.165, 1.54) is 12.1 Å². The van der Waals surface area contributed by atoms with Crippen molar-refractivity contribution in [2.24, 2.45) is 11.3 Å². The molecule has 1 heterocycles. The first kappa shape index (κ1) is 18.0. The van der Waals surface area contributed by atoms with Crippen molar-refractivity contribution >= 4 is 23.5 Å². The molecule has 1 fully saturated rings. The van der Waals surface area contributed by atoms with Crippen LogP contribution >= 0.6 is 0 Å². The lowest BCUT2D eigenvalue weighted by Crippen LogP contribution is -2.47. The van der Waals surface area contributed by atoms with Gasteiger partial charge in [0.1, 0.15) is 0 Å².